The van der Waals surface area contributed by atoms with Crippen molar-refractivity contribution in [2.45, 2.75) is 12.8 Å². The number of carbonyl (C=O) groups excluding carboxylic acids is 3. The third-order valence-electron chi connectivity index (χ3n) is 3.39. The van der Waals surface area contributed by atoms with Crippen LogP contribution in [0.1, 0.15) is 12.8 Å². The normalized spacial score (nSPS) is 16.6. The zero-order valence-corrected chi connectivity index (χ0v) is 11.9. The fourth-order valence-corrected chi connectivity index (χ4v) is 2.22. The predicted molar refractivity (Wildman–Crippen MR) is 77.6 cm³/mol. The number of anilines is 2. The highest BCUT2D eigenvalue weighted by Crippen LogP contribution is 2.22. The van der Waals surface area contributed by atoms with Gasteiger partial charge in [0.1, 0.15) is 10.6 Å². The van der Waals surface area contributed by atoms with E-state index in [4.69, 9.17) is 5.73 Å². The molecule has 3 amide bonds. The first-order valence-electron chi connectivity index (χ1n) is 6.74. The fraction of sp³-hybridized carbons (Fsp3) is 0.143. The summed E-state index contributed by atoms with van der Waals surface area (Å²) in [7, 11) is 0. The Morgan fingerprint density at radius 1 is 1.22 bits per heavy atom. The summed E-state index contributed by atoms with van der Waals surface area (Å²) >= 11 is 0. The second-order valence-corrected chi connectivity index (χ2v) is 5.02. The number of nitrogen functional groups attached to an aromatic ring is 1. The molecule has 0 bridgehead atoms. The van der Waals surface area contributed by atoms with Crippen molar-refractivity contribution in [3.05, 3.63) is 30.3 Å². The van der Waals surface area contributed by atoms with Crippen LogP contribution in [0.5, 0.6) is 0 Å². The number of imide groups is 1. The number of hydroxylamine groups is 4. The number of nitrogens with two attached hydrogens (primary N) is 1. The number of pyridine rings is 1. The highest BCUT2D eigenvalue weighted by Gasteiger charge is 2.55. The highest BCUT2D eigenvalue weighted by molar-refractivity contribution is 5.92. The first-order valence-corrected chi connectivity index (χ1v) is 6.74. The molecule has 118 valence electrons. The minimum absolute atomic E-state index is 0.137. The molecule has 0 aliphatic carbocycles. The molecule has 1 aliphatic heterocycles. The monoisotopic (exact) mass is 317 g/mol. The molecule has 0 atom stereocenters. The van der Waals surface area contributed by atoms with Gasteiger partial charge in [0.05, 0.1) is 18.4 Å². The van der Waals surface area contributed by atoms with E-state index >= 15 is 0 Å². The van der Waals surface area contributed by atoms with Gasteiger partial charge in [-0.05, 0) is 30.3 Å². The van der Waals surface area contributed by atoms with Crippen LogP contribution in [-0.2, 0) is 14.4 Å². The number of carbonyl (C=O) groups is 3. The molecule has 0 saturated carbocycles. The van der Waals surface area contributed by atoms with Gasteiger partial charge >= 0.3 is 17.9 Å². The van der Waals surface area contributed by atoms with Crippen molar-refractivity contribution < 1.29 is 29.2 Å². The number of nitrogens with one attached hydrogen (secondary N) is 1. The third kappa shape index (κ3) is 2.70. The Labute approximate surface area is 129 Å². The van der Waals surface area contributed by atoms with Gasteiger partial charge in [0, 0.05) is 11.1 Å². The van der Waals surface area contributed by atoms with Gasteiger partial charge in [-0.1, -0.05) is 0 Å². The Balaban J connectivity index is 1.76. The number of nitrogens with zero attached hydrogens (tertiary/aromatic N) is 2. The molecule has 0 radical (unpaired) electrons. The van der Waals surface area contributed by atoms with Crippen LogP contribution >= 0.6 is 0 Å². The number of rotatable bonds is 2. The quantitative estimate of drug-likeness (QED) is 0.329. The minimum Gasteiger partial charge on any atom is -0.399 e. The number of benzene rings is 1. The summed E-state index contributed by atoms with van der Waals surface area (Å²) in [6, 6.07) is 8.24. The standard InChI is InChI=1S/C14H12N4O5/c15-9-2-3-10-8(7-9)1-4-11(16-10)17-14(21)23-18(22)12(19)5-6-13(18)20/h1-4,7,22H,5-6,15H2/p+1. The number of fused-ring (bicyclic) bond motifs is 1. The zero-order chi connectivity index (χ0) is 16.6. The van der Waals surface area contributed by atoms with Crippen LogP contribution in [0.15, 0.2) is 30.3 Å². The van der Waals surface area contributed by atoms with Gasteiger partial charge in [-0.2, -0.15) is 5.21 Å². The van der Waals surface area contributed by atoms with Crippen LogP contribution in [-0.4, -0.2) is 32.9 Å². The Hall–Kier alpha value is -3.04. The second kappa shape index (κ2) is 5.30. The predicted octanol–water partition coefficient (Wildman–Crippen LogP) is 1.33. The summed E-state index contributed by atoms with van der Waals surface area (Å²) in [5.41, 5.74) is 6.83. The van der Waals surface area contributed by atoms with E-state index in [1.165, 1.54) is 6.07 Å². The van der Waals surface area contributed by atoms with Crippen LogP contribution in [0.3, 0.4) is 0 Å². The molecule has 9 nitrogen and oxygen atoms in total. The van der Waals surface area contributed by atoms with Gasteiger partial charge < -0.3 is 5.73 Å². The maximum atomic E-state index is 11.8. The van der Waals surface area contributed by atoms with Crippen LogP contribution in [0.25, 0.3) is 10.9 Å². The molecule has 0 unspecified atom stereocenters. The molecule has 1 aromatic carbocycles. The first kappa shape index (κ1) is 14.9. The van der Waals surface area contributed by atoms with E-state index in [9.17, 15) is 19.6 Å². The van der Waals surface area contributed by atoms with E-state index in [-0.39, 0.29) is 18.7 Å². The van der Waals surface area contributed by atoms with E-state index in [1.807, 2.05) is 0 Å². The van der Waals surface area contributed by atoms with Crippen molar-refractivity contribution in [1.82, 2.24) is 4.98 Å². The topological polar surface area (TPSA) is 132 Å². The second-order valence-electron chi connectivity index (χ2n) is 5.02. The van der Waals surface area contributed by atoms with Crippen LogP contribution in [0, 0.1) is 0 Å². The van der Waals surface area contributed by atoms with Crippen molar-refractivity contribution in [3.8, 4) is 0 Å². The van der Waals surface area contributed by atoms with Crippen LogP contribution in [0.4, 0.5) is 16.3 Å². The lowest BCUT2D eigenvalue weighted by atomic mass is 10.2. The maximum absolute atomic E-state index is 11.8. The van der Waals surface area contributed by atoms with Crippen LogP contribution < -0.4 is 11.1 Å². The number of hydrogen-bond donors (Lipinski definition) is 3. The van der Waals surface area contributed by atoms with Gasteiger partial charge in [0.25, 0.3) is 0 Å². The van der Waals surface area contributed by atoms with Gasteiger partial charge in [0.15, 0.2) is 0 Å². The molecule has 1 aliphatic rings. The average molecular weight is 317 g/mol. The van der Waals surface area contributed by atoms with Crippen molar-refractivity contribution >= 4 is 40.3 Å². The van der Waals surface area contributed by atoms with Gasteiger partial charge in [-0.15, -0.1) is 0 Å². The lowest BCUT2D eigenvalue weighted by Crippen LogP contribution is -2.51. The van der Waals surface area contributed by atoms with E-state index in [0.29, 0.717) is 11.2 Å². The molecule has 1 fully saturated rings. The molecular weight excluding hydrogens is 304 g/mol. The summed E-state index contributed by atoms with van der Waals surface area (Å²) < 4.78 is 0. The summed E-state index contributed by atoms with van der Waals surface area (Å²) in [6.07, 6.45) is -1.53. The lowest BCUT2D eigenvalue weighted by molar-refractivity contribution is -1.12. The molecule has 23 heavy (non-hydrogen) atoms. The summed E-state index contributed by atoms with van der Waals surface area (Å²) in [5.74, 6) is -1.66. The molecule has 4 N–H and O–H groups in total. The van der Waals surface area contributed by atoms with Gasteiger partial charge in [0.2, 0.25) is 0 Å². The van der Waals surface area contributed by atoms with Crippen molar-refractivity contribution in [1.29, 1.82) is 0 Å². The van der Waals surface area contributed by atoms with Crippen molar-refractivity contribution in [2.75, 3.05) is 11.1 Å². The van der Waals surface area contributed by atoms with Crippen molar-refractivity contribution in [3.63, 3.8) is 0 Å². The highest BCUT2D eigenvalue weighted by atomic mass is 17.0. The van der Waals surface area contributed by atoms with E-state index < -0.39 is 22.7 Å². The molecule has 0 spiro atoms. The number of quaternary nitrogens is 1. The molecular formula is C14H13N4O5+. The molecule has 9 heteroatoms. The largest absolute Gasteiger partial charge is 0.473 e. The third-order valence-corrected chi connectivity index (χ3v) is 3.39. The Morgan fingerprint density at radius 3 is 2.61 bits per heavy atom. The maximum Gasteiger partial charge on any atom is 0.473 e. The van der Waals surface area contributed by atoms with E-state index in [2.05, 4.69) is 15.1 Å². The van der Waals surface area contributed by atoms with Gasteiger partial charge in [-0.3, -0.25) is 5.32 Å². The summed E-state index contributed by atoms with van der Waals surface area (Å²) in [6.45, 7) is 0. The molecule has 1 aromatic heterocycles. The molecule has 3 rings (SSSR count). The smallest absolute Gasteiger partial charge is 0.399 e. The Kier molecular flexibility index (Phi) is 3.43. The van der Waals surface area contributed by atoms with E-state index in [1.54, 1.807) is 24.3 Å². The number of hydrogen-bond acceptors (Lipinski definition) is 7. The van der Waals surface area contributed by atoms with Crippen LogP contribution in [0.2, 0.25) is 0 Å². The average Bonchev–Trinajstić information content (AvgIpc) is 2.75. The zero-order valence-electron chi connectivity index (χ0n) is 11.9. The lowest BCUT2D eigenvalue weighted by Gasteiger charge is -2.15. The molecule has 2 heterocycles. The summed E-state index contributed by atoms with van der Waals surface area (Å²) in [4.78, 5) is 41.5. The Morgan fingerprint density at radius 2 is 1.91 bits per heavy atom. The summed E-state index contributed by atoms with van der Waals surface area (Å²) in [5, 5.41) is 12.8. The first-order chi connectivity index (χ1) is 10.9. The van der Waals surface area contributed by atoms with Gasteiger partial charge in [-0.25, -0.2) is 24.2 Å². The van der Waals surface area contributed by atoms with E-state index in [0.717, 1.165) is 5.39 Å². The number of amides is 3. The molecule has 1 saturated heterocycles. The Bertz CT molecular complexity index is 819. The molecule has 2 aromatic rings. The van der Waals surface area contributed by atoms with Crippen molar-refractivity contribution in [2.24, 2.45) is 0 Å². The minimum atomic E-state index is -1.98. The fourth-order valence-electron chi connectivity index (χ4n) is 2.22. The SMILES string of the molecule is Nc1ccc2nc(NC(=O)O[N+]3(O)C(=O)CCC3=O)ccc2c1. The number of aromatic nitrogens is 1.